The van der Waals surface area contributed by atoms with Gasteiger partial charge >= 0.3 is 6.18 Å². The third-order valence-corrected chi connectivity index (χ3v) is 3.71. The van der Waals surface area contributed by atoms with Crippen LogP contribution in [0.2, 0.25) is 0 Å². The van der Waals surface area contributed by atoms with Crippen LogP contribution in [0, 0.1) is 0 Å². The minimum absolute atomic E-state index is 0.00185. The Labute approximate surface area is 119 Å². The average molecular weight is 297 g/mol. The van der Waals surface area contributed by atoms with E-state index in [2.05, 4.69) is 10.2 Å². The first-order chi connectivity index (χ1) is 9.83. The molecule has 2 aliphatic carbocycles. The molecule has 0 unspecified atom stereocenters. The number of aliphatic hydroxyl groups is 1. The number of nitrogens with zero attached hydrogens (tertiary/aromatic N) is 3. The maximum absolute atomic E-state index is 13.2. The maximum atomic E-state index is 13.2. The molecule has 4 nitrogen and oxygen atoms in total. The van der Waals surface area contributed by atoms with Crippen molar-refractivity contribution in [2.75, 3.05) is 0 Å². The quantitative estimate of drug-likeness (QED) is 0.913. The lowest BCUT2D eigenvalue weighted by atomic mass is 10.0. The van der Waals surface area contributed by atoms with Gasteiger partial charge in [-0.25, -0.2) is 0 Å². The van der Waals surface area contributed by atoms with Gasteiger partial charge in [0.1, 0.15) is 5.60 Å². The van der Waals surface area contributed by atoms with Gasteiger partial charge in [-0.05, 0) is 25.3 Å². The van der Waals surface area contributed by atoms with E-state index in [1.807, 2.05) is 0 Å². The van der Waals surface area contributed by atoms with Crippen LogP contribution >= 0.6 is 0 Å². The molecule has 0 spiro atoms. The number of allylic oxidation sites excluding steroid dienone is 6. The number of alkyl halides is 3. The zero-order valence-corrected chi connectivity index (χ0v) is 11.4. The van der Waals surface area contributed by atoms with Crippen molar-refractivity contribution < 1.29 is 18.3 Å². The summed E-state index contributed by atoms with van der Waals surface area (Å²) in [5, 5.41) is 17.8. The third kappa shape index (κ3) is 2.42. The fourth-order valence-electron chi connectivity index (χ4n) is 2.40. The lowest BCUT2D eigenvalue weighted by Gasteiger charge is -2.15. The molecule has 2 aliphatic rings. The monoisotopic (exact) mass is 297 g/mol. The van der Waals surface area contributed by atoms with Gasteiger partial charge in [0.2, 0.25) is 0 Å². The molecule has 0 amide bonds. The number of rotatable bonds is 2. The molecule has 7 heteroatoms. The molecule has 1 aromatic rings. The SMILES string of the molecule is Cn1c(C2=CCC=CC=C2C(F)(F)F)nnc1C1(O)CC1. The fourth-order valence-corrected chi connectivity index (χ4v) is 2.40. The standard InChI is InChI=1S/C14H14F3N3O/c1-20-11(18-19-12(20)13(21)7-8-13)9-5-3-2-4-6-10(9)14(15,16)17/h2,4-6,21H,3,7-8H2,1H3. The van der Waals surface area contributed by atoms with Gasteiger partial charge in [-0.1, -0.05) is 18.2 Å². The Morgan fingerprint density at radius 2 is 2.00 bits per heavy atom. The molecule has 0 bridgehead atoms. The van der Waals surface area contributed by atoms with Gasteiger partial charge in [-0.15, -0.1) is 10.2 Å². The molecule has 21 heavy (non-hydrogen) atoms. The molecular weight excluding hydrogens is 283 g/mol. The zero-order chi connectivity index (χ0) is 15.3. The van der Waals surface area contributed by atoms with E-state index in [4.69, 9.17) is 0 Å². The molecule has 3 rings (SSSR count). The van der Waals surface area contributed by atoms with Crippen molar-refractivity contribution in [1.82, 2.24) is 14.8 Å². The molecule has 112 valence electrons. The summed E-state index contributed by atoms with van der Waals surface area (Å²) >= 11 is 0. The van der Waals surface area contributed by atoms with Crippen LogP contribution < -0.4 is 0 Å². The first-order valence-corrected chi connectivity index (χ1v) is 6.60. The van der Waals surface area contributed by atoms with Crippen molar-refractivity contribution in [3.63, 3.8) is 0 Å². The van der Waals surface area contributed by atoms with Crippen LogP contribution in [0.25, 0.3) is 5.57 Å². The predicted molar refractivity (Wildman–Crippen MR) is 70.0 cm³/mol. The summed E-state index contributed by atoms with van der Waals surface area (Å²) in [6.45, 7) is 0. The minimum Gasteiger partial charge on any atom is -0.382 e. The largest absolute Gasteiger partial charge is 0.417 e. The van der Waals surface area contributed by atoms with Crippen molar-refractivity contribution in [3.8, 4) is 0 Å². The lowest BCUT2D eigenvalue weighted by Crippen LogP contribution is -2.17. The van der Waals surface area contributed by atoms with E-state index in [-0.39, 0.29) is 11.4 Å². The molecular formula is C14H14F3N3O. The van der Waals surface area contributed by atoms with Crippen LogP contribution in [0.1, 0.15) is 30.9 Å². The first kappa shape index (κ1) is 14.1. The second-order valence-electron chi connectivity index (χ2n) is 5.30. The van der Waals surface area contributed by atoms with Crippen molar-refractivity contribution in [2.45, 2.75) is 31.0 Å². The third-order valence-electron chi connectivity index (χ3n) is 3.71. The number of hydrogen-bond acceptors (Lipinski definition) is 3. The summed E-state index contributed by atoms with van der Waals surface area (Å²) in [5.74, 6) is 0.440. The van der Waals surface area contributed by atoms with Crippen molar-refractivity contribution in [3.05, 3.63) is 41.5 Å². The average Bonchev–Trinajstić information content (AvgIpc) is 3.09. The van der Waals surface area contributed by atoms with E-state index in [1.54, 1.807) is 13.1 Å². The number of hydrogen-bond donors (Lipinski definition) is 1. The summed E-state index contributed by atoms with van der Waals surface area (Å²) in [6, 6.07) is 0. The van der Waals surface area contributed by atoms with Crippen molar-refractivity contribution in [2.24, 2.45) is 7.05 Å². The number of aromatic nitrogens is 3. The Hall–Kier alpha value is -1.89. The molecule has 1 fully saturated rings. The predicted octanol–water partition coefficient (Wildman–Crippen LogP) is 2.63. The highest BCUT2D eigenvalue weighted by Gasteiger charge is 2.47. The molecule has 1 aromatic heterocycles. The fraction of sp³-hybridized carbons (Fsp3) is 0.429. The number of halogens is 3. The first-order valence-electron chi connectivity index (χ1n) is 6.60. The zero-order valence-electron chi connectivity index (χ0n) is 11.4. The lowest BCUT2D eigenvalue weighted by molar-refractivity contribution is -0.0871. The van der Waals surface area contributed by atoms with Crippen molar-refractivity contribution >= 4 is 5.57 Å². The van der Waals surface area contributed by atoms with Crippen LogP contribution in [-0.4, -0.2) is 26.0 Å². The van der Waals surface area contributed by atoms with Crippen molar-refractivity contribution in [1.29, 1.82) is 0 Å². The Balaban J connectivity index is 2.07. The van der Waals surface area contributed by atoms with Gasteiger partial charge < -0.3 is 9.67 Å². The highest BCUT2D eigenvalue weighted by atomic mass is 19.4. The second-order valence-corrected chi connectivity index (χ2v) is 5.30. The van der Waals surface area contributed by atoms with E-state index in [0.29, 0.717) is 25.1 Å². The van der Waals surface area contributed by atoms with E-state index in [0.717, 1.165) is 6.08 Å². The Bertz CT molecular complexity index is 663. The van der Waals surface area contributed by atoms with E-state index < -0.39 is 17.4 Å². The van der Waals surface area contributed by atoms with Gasteiger partial charge in [0, 0.05) is 12.6 Å². The van der Waals surface area contributed by atoms with Crippen LogP contribution in [0.5, 0.6) is 0 Å². The van der Waals surface area contributed by atoms with E-state index >= 15 is 0 Å². The molecule has 0 aromatic carbocycles. The normalized spacial score (nSPS) is 20.8. The van der Waals surface area contributed by atoms with Crippen LogP contribution in [0.15, 0.2) is 29.9 Å². The summed E-state index contributed by atoms with van der Waals surface area (Å²) in [5.41, 5.74) is -1.79. The van der Waals surface area contributed by atoms with Crippen LogP contribution in [0.4, 0.5) is 13.2 Å². The second kappa shape index (κ2) is 4.56. The van der Waals surface area contributed by atoms with Crippen LogP contribution in [-0.2, 0) is 12.6 Å². The summed E-state index contributed by atoms with van der Waals surface area (Å²) < 4.78 is 41.0. The van der Waals surface area contributed by atoms with Gasteiger partial charge in [-0.2, -0.15) is 13.2 Å². The van der Waals surface area contributed by atoms with E-state index in [9.17, 15) is 18.3 Å². The highest BCUT2D eigenvalue weighted by molar-refractivity contribution is 5.78. The smallest absolute Gasteiger partial charge is 0.382 e. The van der Waals surface area contributed by atoms with Gasteiger partial charge in [0.05, 0.1) is 5.57 Å². The summed E-state index contributed by atoms with van der Waals surface area (Å²) in [7, 11) is 1.58. The maximum Gasteiger partial charge on any atom is 0.417 e. The molecule has 1 saturated carbocycles. The molecule has 0 saturated heterocycles. The molecule has 1 heterocycles. The molecule has 0 aliphatic heterocycles. The minimum atomic E-state index is -4.47. The van der Waals surface area contributed by atoms with E-state index in [1.165, 1.54) is 16.7 Å². The molecule has 1 N–H and O–H groups in total. The topological polar surface area (TPSA) is 50.9 Å². The van der Waals surface area contributed by atoms with Gasteiger partial charge in [0.15, 0.2) is 11.6 Å². The molecule has 0 radical (unpaired) electrons. The van der Waals surface area contributed by atoms with Gasteiger partial charge in [0.25, 0.3) is 0 Å². The summed E-state index contributed by atoms with van der Waals surface area (Å²) in [4.78, 5) is 0. The highest BCUT2D eigenvalue weighted by Crippen LogP contribution is 2.45. The van der Waals surface area contributed by atoms with Gasteiger partial charge in [-0.3, -0.25) is 0 Å². The Morgan fingerprint density at radius 3 is 2.62 bits per heavy atom. The Morgan fingerprint density at radius 1 is 1.29 bits per heavy atom. The molecule has 0 atom stereocenters. The summed E-state index contributed by atoms with van der Waals surface area (Å²) in [6.07, 6.45) is 2.58. The van der Waals surface area contributed by atoms with Crippen LogP contribution in [0.3, 0.4) is 0 Å². The Kier molecular flexibility index (Phi) is 3.05.